The van der Waals surface area contributed by atoms with E-state index in [9.17, 15) is 4.79 Å². The first-order chi connectivity index (χ1) is 10.7. The van der Waals surface area contributed by atoms with E-state index >= 15 is 0 Å². The van der Waals surface area contributed by atoms with Crippen molar-refractivity contribution in [3.63, 3.8) is 0 Å². The van der Waals surface area contributed by atoms with Gasteiger partial charge in [-0.1, -0.05) is 12.1 Å². The monoisotopic (exact) mass is 293 g/mol. The Balaban J connectivity index is 2.17. The maximum Gasteiger partial charge on any atom is 0.152 e. The number of hydrogen-bond acceptors (Lipinski definition) is 2. The van der Waals surface area contributed by atoms with Crippen molar-refractivity contribution in [2.24, 2.45) is 0 Å². The maximum absolute atomic E-state index is 11.6. The summed E-state index contributed by atoms with van der Waals surface area (Å²) in [6, 6.07) is 11.9. The van der Waals surface area contributed by atoms with Gasteiger partial charge in [-0.15, -0.1) is 0 Å². The number of aromatic amines is 1. The Morgan fingerprint density at radius 1 is 1.09 bits per heavy atom. The number of carbonyl (C=O) groups excluding carboxylic acids is 1. The fourth-order valence-corrected chi connectivity index (χ4v) is 2.76. The summed E-state index contributed by atoms with van der Waals surface area (Å²) in [7, 11) is 0. The summed E-state index contributed by atoms with van der Waals surface area (Å²) < 4.78 is 5.47. The molecule has 22 heavy (non-hydrogen) atoms. The van der Waals surface area contributed by atoms with Gasteiger partial charge >= 0.3 is 0 Å². The molecule has 0 saturated carbocycles. The molecule has 0 aliphatic carbocycles. The van der Waals surface area contributed by atoms with Crippen molar-refractivity contribution in [1.82, 2.24) is 4.98 Å². The molecule has 0 unspecified atom stereocenters. The summed E-state index contributed by atoms with van der Waals surface area (Å²) in [5.41, 5.74) is 5.98. The van der Waals surface area contributed by atoms with Crippen molar-refractivity contribution in [3.05, 3.63) is 53.1 Å². The van der Waals surface area contributed by atoms with Gasteiger partial charge in [0, 0.05) is 16.5 Å². The van der Waals surface area contributed by atoms with Gasteiger partial charge in [-0.2, -0.15) is 0 Å². The third-order valence-corrected chi connectivity index (χ3v) is 4.12. The Morgan fingerprint density at radius 2 is 1.82 bits per heavy atom. The molecule has 0 aliphatic rings. The largest absolute Gasteiger partial charge is 0.494 e. The lowest BCUT2D eigenvalue weighted by atomic mass is 10.0. The third-order valence-electron chi connectivity index (χ3n) is 4.12. The van der Waals surface area contributed by atoms with Crippen LogP contribution < -0.4 is 4.74 Å². The molecule has 0 atom stereocenters. The Hall–Kier alpha value is -2.55. The molecule has 1 heterocycles. The molecule has 0 radical (unpaired) electrons. The maximum atomic E-state index is 11.6. The van der Waals surface area contributed by atoms with Gasteiger partial charge in [0.15, 0.2) is 6.29 Å². The van der Waals surface area contributed by atoms with E-state index in [1.807, 2.05) is 37.3 Å². The van der Waals surface area contributed by atoms with Crippen LogP contribution in [-0.4, -0.2) is 17.9 Å². The highest BCUT2D eigenvalue weighted by Crippen LogP contribution is 2.32. The molecular weight excluding hydrogens is 274 g/mol. The van der Waals surface area contributed by atoms with Crippen molar-refractivity contribution in [3.8, 4) is 17.0 Å². The van der Waals surface area contributed by atoms with Gasteiger partial charge in [0.25, 0.3) is 0 Å². The number of aldehydes is 1. The number of carbonyl (C=O) groups is 1. The van der Waals surface area contributed by atoms with Crippen LogP contribution in [0.25, 0.3) is 22.2 Å². The van der Waals surface area contributed by atoms with Crippen LogP contribution in [0.1, 0.15) is 28.4 Å². The third kappa shape index (κ3) is 2.29. The van der Waals surface area contributed by atoms with Crippen LogP contribution in [0.4, 0.5) is 0 Å². The summed E-state index contributed by atoms with van der Waals surface area (Å²) in [6.45, 7) is 6.75. The summed E-state index contributed by atoms with van der Waals surface area (Å²) in [4.78, 5) is 15.0. The molecule has 0 amide bonds. The molecule has 1 N–H and O–H groups in total. The summed E-state index contributed by atoms with van der Waals surface area (Å²) in [5, 5.41) is 0.974. The highest BCUT2D eigenvalue weighted by Gasteiger charge is 2.14. The van der Waals surface area contributed by atoms with Gasteiger partial charge in [-0.3, -0.25) is 4.79 Å². The molecule has 0 spiro atoms. The van der Waals surface area contributed by atoms with Crippen LogP contribution in [0.15, 0.2) is 36.4 Å². The quantitative estimate of drug-likeness (QED) is 0.711. The number of benzene rings is 2. The molecule has 3 nitrogen and oxygen atoms in total. The number of rotatable bonds is 4. The minimum atomic E-state index is 0.643. The second-order valence-corrected chi connectivity index (χ2v) is 5.42. The molecule has 112 valence electrons. The zero-order valence-electron chi connectivity index (χ0n) is 13.1. The smallest absolute Gasteiger partial charge is 0.152 e. The predicted molar refractivity (Wildman–Crippen MR) is 89.8 cm³/mol. The summed E-state index contributed by atoms with van der Waals surface area (Å²) in [6.07, 6.45) is 0.930. The predicted octanol–water partition coefficient (Wildman–Crippen LogP) is 4.66. The van der Waals surface area contributed by atoms with E-state index in [1.165, 1.54) is 11.1 Å². The fraction of sp³-hybridized carbons (Fsp3) is 0.211. The number of aryl methyl sites for hydroxylation is 2. The SMILES string of the molecule is CCOc1ccc(-c2[nH]c3c(C)c(C)ccc3c2C=O)cc1. The summed E-state index contributed by atoms with van der Waals surface area (Å²) >= 11 is 0. The first kappa shape index (κ1) is 14.4. The molecule has 0 fully saturated rings. The molecular formula is C19H19NO2. The van der Waals surface area contributed by atoms with E-state index < -0.39 is 0 Å². The van der Waals surface area contributed by atoms with Crippen LogP contribution in [0.3, 0.4) is 0 Å². The molecule has 0 aliphatic heterocycles. The second-order valence-electron chi connectivity index (χ2n) is 5.42. The zero-order valence-corrected chi connectivity index (χ0v) is 13.1. The second kappa shape index (κ2) is 5.68. The van der Waals surface area contributed by atoms with E-state index in [4.69, 9.17) is 4.74 Å². The normalized spacial score (nSPS) is 10.9. The van der Waals surface area contributed by atoms with E-state index in [0.29, 0.717) is 12.2 Å². The molecule has 1 aromatic heterocycles. The Kier molecular flexibility index (Phi) is 3.72. The van der Waals surface area contributed by atoms with E-state index in [1.54, 1.807) is 0 Å². The average molecular weight is 293 g/mol. The molecule has 0 bridgehead atoms. The van der Waals surface area contributed by atoms with Crippen LogP contribution >= 0.6 is 0 Å². The zero-order chi connectivity index (χ0) is 15.7. The Bertz CT molecular complexity index is 829. The van der Waals surface area contributed by atoms with Crippen LogP contribution in [-0.2, 0) is 0 Å². The summed E-state index contributed by atoms with van der Waals surface area (Å²) in [5.74, 6) is 0.835. The van der Waals surface area contributed by atoms with Gasteiger partial charge in [-0.25, -0.2) is 0 Å². The average Bonchev–Trinajstić information content (AvgIpc) is 2.91. The van der Waals surface area contributed by atoms with Crippen molar-refractivity contribution in [2.45, 2.75) is 20.8 Å². The number of ether oxygens (including phenoxy) is 1. The number of nitrogens with one attached hydrogen (secondary N) is 1. The van der Waals surface area contributed by atoms with Crippen molar-refractivity contribution >= 4 is 17.2 Å². The highest BCUT2D eigenvalue weighted by molar-refractivity contribution is 6.05. The van der Waals surface area contributed by atoms with Crippen molar-refractivity contribution in [2.75, 3.05) is 6.61 Å². The molecule has 3 aromatic rings. The fourth-order valence-electron chi connectivity index (χ4n) is 2.76. The van der Waals surface area contributed by atoms with Gasteiger partial charge in [0.1, 0.15) is 5.75 Å². The molecule has 0 saturated heterocycles. The van der Waals surface area contributed by atoms with Gasteiger partial charge in [-0.05, 0) is 61.7 Å². The number of fused-ring (bicyclic) bond motifs is 1. The topological polar surface area (TPSA) is 42.1 Å². The van der Waals surface area contributed by atoms with E-state index in [0.717, 1.165) is 34.2 Å². The standard InChI is InChI=1S/C19H19NO2/c1-4-22-15-8-6-14(7-9-15)19-17(11-21)16-10-5-12(2)13(3)18(16)20-19/h5-11,20H,4H2,1-3H3. The lowest BCUT2D eigenvalue weighted by molar-refractivity contribution is 0.112. The van der Waals surface area contributed by atoms with Crippen LogP contribution in [0.5, 0.6) is 5.75 Å². The highest BCUT2D eigenvalue weighted by atomic mass is 16.5. The van der Waals surface area contributed by atoms with Gasteiger partial charge in [0.2, 0.25) is 0 Å². The van der Waals surface area contributed by atoms with Crippen LogP contribution in [0.2, 0.25) is 0 Å². The van der Waals surface area contributed by atoms with Gasteiger partial charge in [0.05, 0.1) is 12.3 Å². The van der Waals surface area contributed by atoms with Crippen LogP contribution in [0, 0.1) is 13.8 Å². The van der Waals surface area contributed by atoms with E-state index in [2.05, 4.69) is 24.9 Å². The Labute approximate surface area is 129 Å². The molecule has 3 heteroatoms. The lowest BCUT2D eigenvalue weighted by Gasteiger charge is -2.04. The van der Waals surface area contributed by atoms with Crippen molar-refractivity contribution in [1.29, 1.82) is 0 Å². The molecule has 3 rings (SSSR count). The molecule has 2 aromatic carbocycles. The lowest BCUT2D eigenvalue weighted by Crippen LogP contribution is -1.91. The number of H-pyrrole nitrogens is 1. The number of aromatic nitrogens is 1. The first-order valence-electron chi connectivity index (χ1n) is 7.46. The number of hydrogen-bond donors (Lipinski definition) is 1. The van der Waals surface area contributed by atoms with Gasteiger partial charge < -0.3 is 9.72 Å². The minimum Gasteiger partial charge on any atom is -0.494 e. The Morgan fingerprint density at radius 3 is 2.45 bits per heavy atom. The van der Waals surface area contributed by atoms with E-state index in [-0.39, 0.29) is 0 Å². The first-order valence-corrected chi connectivity index (χ1v) is 7.46. The van der Waals surface area contributed by atoms with Crippen molar-refractivity contribution < 1.29 is 9.53 Å². The minimum absolute atomic E-state index is 0.643.